The van der Waals surface area contributed by atoms with Crippen molar-refractivity contribution in [3.63, 3.8) is 0 Å². The zero-order valence-electron chi connectivity index (χ0n) is 45.6. The summed E-state index contributed by atoms with van der Waals surface area (Å²) in [4.78, 5) is 69.4. The predicted octanol–water partition coefficient (Wildman–Crippen LogP) is 6.04. The molecule has 0 unspecified atom stereocenters. The summed E-state index contributed by atoms with van der Waals surface area (Å²) in [7, 11) is -10.4. The molecule has 85 heavy (non-hydrogen) atoms. The first-order valence-corrected chi connectivity index (χ1v) is 28.3. The van der Waals surface area contributed by atoms with E-state index in [1.807, 2.05) is 13.8 Å². The fourth-order valence-electron chi connectivity index (χ4n) is 10.1. The molecule has 3 aliphatic rings. The quantitative estimate of drug-likeness (QED) is 0.0469. The van der Waals surface area contributed by atoms with Gasteiger partial charge in [-0.2, -0.15) is 27.1 Å². The minimum absolute atomic E-state index is 0. The third-order valence-corrected chi connectivity index (χ3v) is 15.9. The van der Waals surface area contributed by atoms with E-state index in [4.69, 9.17) is 0 Å². The Labute approximate surface area is 530 Å². The number of aryl methyl sites for hydroxylation is 2. The maximum atomic E-state index is 14.3. The Morgan fingerprint density at radius 3 is 1.13 bits per heavy atom. The first-order chi connectivity index (χ1) is 39.6. The Hall–Kier alpha value is -8.19. The van der Waals surface area contributed by atoms with Gasteiger partial charge in [0.2, 0.25) is 0 Å². The molecule has 0 aliphatic heterocycles. The number of hydrogen-bond acceptors (Lipinski definition) is 17. The number of carbonyl (C=O) groups is 5. The fraction of sp³-hybridized carbons (Fsp3) is 0.0806. The molecule has 23 heteroatoms. The number of benzene rings is 8. The van der Waals surface area contributed by atoms with Crippen LogP contribution in [0.5, 0.6) is 11.5 Å². The van der Waals surface area contributed by atoms with E-state index in [0.717, 1.165) is 35.4 Å². The molecule has 0 aromatic heterocycles. The zero-order valence-corrected chi connectivity index (χ0v) is 51.3. The number of fused-ring (bicyclic) bond motifs is 4. The van der Waals surface area contributed by atoms with Gasteiger partial charge in [0, 0.05) is 44.8 Å². The molecule has 0 saturated heterocycles. The molecule has 0 radical (unpaired) electrons. The van der Waals surface area contributed by atoms with Crippen LogP contribution in [-0.2, 0) is 25.0 Å². The van der Waals surface area contributed by atoms with Crippen molar-refractivity contribution in [1.29, 1.82) is 0 Å². The number of rotatable bonds is 12. The van der Waals surface area contributed by atoms with Crippen LogP contribution >= 0.6 is 0 Å². The molecule has 1 fully saturated rings. The summed E-state index contributed by atoms with van der Waals surface area (Å²) in [6.45, 7) is 3.71. The van der Waals surface area contributed by atoms with E-state index in [2.05, 4.69) is 31.1 Å². The first kappa shape index (κ1) is 61.4. The number of anilines is 4. The summed E-state index contributed by atoms with van der Waals surface area (Å²) < 4.78 is 73.6. The maximum absolute atomic E-state index is 14.3. The number of nitrogens with zero attached hydrogens (tertiary/aromatic N) is 4. The molecule has 0 atom stereocenters. The fourth-order valence-corrected chi connectivity index (χ4v) is 11.4. The van der Waals surface area contributed by atoms with E-state index in [9.17, 15) is 60.1 Å². The maximum Gasteiger partial charge on any atom is 1.00 e. The Morgan fingerprint density at radius 1 is 0.447 bits per heavy atom. The topological polar surface area (TPSA) is 314 Å². The van der Waals surface area contributed by atoms with Gasteiger partial charge in [-0.05, 0) is 105 Å². The minimum atomic E-state index is -5.20. The van der Waals surface area contributed by atoms with Crippen molar-refractivity contribution in [1.82, 2.24) is 0 Å². The van der Waals surface area contributed by atoms with Crippen molar-refractivity contribution in [3.05, 3.63) is 224 Å². The Morgan fingerprint density at radius 2 is 0.788 bits per heavy atom. The summed E-state index contributed by atoms with van der Waals surface area (Å²) >= 11 is 0. The first-order valence-electron chi connectivity index (χ1n) is 25.5. The van der Waals surface area contributed by atoms with E-state index >= 15 is 0 Å². The summed E-state index contributed by atoms with van der Waals surface area (Å²) in [5.74, 6) is -4.68. The molecular formula is C62H42N6Na2O13S2. The third-order valence-electron chi connectivity index (χ3n) is 14.1. The Bertz CT molecular complexity index is 4280. The largest absolute Gasteiger partial charge is 1.00 e. The van der Waals surface area contributed by atoms with Crippen molar-refractivity contribution in [2.75, 3.05) is 10.6 Å². The standard InChI is InChI=1S/C62H44N6O13S2.2Na/c1-32-14-20-38(21-15-32)63-46-30-50(82(76,77)78)56(54-52(46)59(72)40-10-3-5-12-42(40)61(54)74)67-65-44-28-34(18-24-48(44)69)26-36-8-7-9-37(58(36)71)27-35-19-25-49(70)45(29-35)66-68-57-51(83(79,80)81)31-47(64-39-22-16-33(2)17-23-39)53-55(57)62(75)43-13-6-4-11-41(43)60(53)73;;/h3-6,10-31,63-64,69-70H,7-9H2,1-2H3,(H,76,77,78)(H,79,80,81);;/q;2*+1/p-2/b36-26+,37-27+,67-65?,68-66?;;. The predicted molar refractivity (Wildman–Crippen MR) is 303 cm³/mol. The van der Waals surface area contributed by atoms with Crippen molar-refractivity contribution in [2.45, 2.75) is 42.9 Å². The van der Waals surface area contributed by atoms with Crippen LogP contribution in [-0.4, -0.2) is 54.9 Å². The van der Waals surface area contributed by atoms with E-state index in [1.54, 1.807) is 60.7 Å². The van der Waals surface area contributed by atoms with Gasteiger partial charge in [-0.3, -0.25) is 33.1 Å². The van der Waals surface area contributed by atoms with Crippen molar-refractivity contribution < 1.29 is 119 Å². The van der Waals surface area contributed by atoms with Crippen LogP contribution in [0.4, 0.5) is 45.5 Å². The average Bonchev–Trinajstić information content (AvgIpc) is 0.837. The van der Waals surface area contributed by atoms with E-state index < -0.39 is 92.9 Å². The van der Waals surface area contributed by atoms with Crippen LogP contribution in [0, 0.1) is 13.8 Å². The Balaban J connectivity index is 0.00000432. The van der Waals surface area contributed by atoms with Gasteiger partial charge in [0.25, 0.3) is 20.2 Å². The second kappa shape index (κ2) is 24.4. The van der Waals surface area contributed by atoms with Crippen LogP contribution in [0.2, 0.25) is 0 Å². The zero-order chi connectivity index (χ0) is 58.6. The molecule has 8 aromatic rings. The Kier molecular flexibility index (Phi) is 17.6. The molecule has 412 valence electrons. The van der Waals surface area contributed by atoms with E-state index in [-0.39, 0.29) is 115 Å². The smallest absolute Gasteiger partial charge is 0.871 e. The molecule has 4 N–H and O–H groups in total. The van der Waals surface area contributed by atoms with Gasteiger partial charge < -0.3 is 20.8 Å². The average molecular weight is 1190 g/mol. The van der Waals surface area contributed by atoms with Crippen LogP contribution in [0.1, 0.15) is 105 Å². The molecule has 0 heterocycles. The number of allylic oxidation sites excluding steroid dienone is 2. The van der Waals surface area contributed by atoms with Gasteiger partial charge in [-0.15, -0.1) is 10.2 Å². The van der Waals surface area contributed by atoms with Gasteiger partial charge in [0.15, 0.2) is 28.9 Å². The van der Waals surface area contributed by atoms with Crippen LogP contribution in [0.15, 0.2) is 187 Å². The molecule has 0 bridgehead atoms. The summed E-state index contributed by atoms with van der Waals surface area (Å²) in [5.41, 5.74) is 0.0266. The second-order valence-corrected chi connectivity index (χ2v) is 22.5. The molecule has 11 rings (SSSR count). The summed E-state index contributed by atoms with van der Waals surface area (Å²) in [5, 5.41) is 49.0. The van der Waals surface area contributed by atoms with Crippen LogP contribution in [0.3, 0.4) is 0 Å². The number of nitrogens with one attached hydrogen (secondary N) is 2. The van der Waals surface area contributed by atoms with Crippen molar-refractivity contribution in [2.24, 2.45) is 20.5 Å². The molecule has 0 spiro atoms. The van der Waals surface area contributed by atoms with Crippen LogP contribution in [0.25, 0.3) is 12.2 Å². The van der Waals surface area contributed by atoms with Gasteiger partial charge in [0.1, 0.15) is 21.2 Å². The number of carbonyl (C=O) groups excluding carboxylic acids is 5. The minimum Gasteiger partial charge on any atom is -0.871 e. The molecular weight excluding hydrogens is 1150 g/mol. The van der Waals surface area contributed by atoms with Gasteiger partial charge in [0.05, 0.1) is 45.0 Å². The van der Waals surface area contributed by atoms with Gasteiger partial charge >= 0.3 is 59.1 Å². The summed E-state index contributed by atoms with van der Waals surface area (Å²) in [6.07, 6.45) is 4.10. The monoisotopic (exact) mass is 1190 g/mol. The number of Topliss-reactive ketones (excluding diaryl/α,β-unsaturated/α-hetero) is 1. The summed E-state index contributed by atoms with van der Waals surface area (Å²) in [6, 6.07) is 35.2. The third kappa shape index (κ3) is 12.2. The normalized spacial score (nSPS) is 14.8. The SMILES string of the molecule is Cc1ccc(Nc2cc(S(=O)(=O)O)c(N=Nc3cc(/C=C4\CCC/C(=C\c5ccc([O-])c(N=Nc6c(S(=O)(=O)O)cc(Nc7ccc(C)cc7)c7c6C(=O)c6ccccc6C7=O)c5)C4=O)ccc3[O-])c3c2C(=O)c2ccccc2C3=O)cc1.[Na+].[Na+]. The molecule has 8 aromatic carbocycles. The van der Waals surface area contributed by atoms with Crippen molar-refractivity contribution in [3.8, 4) is 11.5 Å². The number of ketones is 5. The molecule has 19 nitrogen and oxygen atoms in total. The molecule has 0 amide bonds. The number of azo groups is 2. The number of hydrogen-bond donors (Lipinski definition) is 4. The van der Waals surface area contributed by atoms with Crippen LogP contribution < -0.4 is 80.0 Å². The van der Waals surface area contributed by atoms with E-state index in [1.165, 1.54) is 72.8 Å². The molecule has 1 saturated carbocycles. The van der Waals surface area contributed by atoms with E-state index in [0.29, 0.717) is 52.9 Å². The van der Waals surface area contributed by atoms with Gasteiger partial charge in [-0.25, -0.2) is 0 Å². The van der Waals surface area contributed by atoms with Gasteiger partial charge in [-0.1, -0.05) is 120 Å². The van der Waals surface area contributed by atoms with Crippen molar-refractivity contribution >= 4 is 107 Å². The second-order valence-electron chi connectivity index (χ2n) is 19.8. The molecule has 3 aliphatic carbocycles.